The van der Waals surface area contributed by atoms with E-state index in [1.807, 2.05) is 25.1 Å². The van der Waals surface area contributed by atoms with Crippen molar-refractivity contribution >= 4 is 35.1 Å². The maximum atomic E-state index is 12.3. The Balaban J connectivity index is 1.50. The first kappa shape index (κ1) is 19.5. The summed E-state index contributed by atoms with van der Waals surface area (Å²) in [6, 6.07) is 12.3. The van der Waals surface area contributed by atoms with E-state index in [2.05, 4.69) is 5.32 Å². The van der Waals surface area contributed by atoms with Gasteiger partial charge >= 0.3 is 5.97 Å². The lowest BCUT2D eigenvalue weighted by molar-refractivity contribution is -0.154. The normalized spacial score (nSPS) is 16.6. The van der Waals surface area contributed by atoms with E-state index >= 15 is 0 Å². The zero-order valence-corrected chi connectivity index (χ0v) is 16.2. The van der Waals surface area contributed by atoms with Crippen LogP contribution >= 0.6 is 23.2 Å². The van der Waals surface area contributed by atoms with Gasteiger partial charge in [0.25, 0.3) is 5.91 Å². The third kappa shape index (κ3) is 4.93. The van der Waals surface area contributed by atoms with Gasteiger partial charge in [0.15, 0.2) is 6.61 Å². The van der Waals surface area contributed by atoms with Gasteiger partial charge in [-0.25, -0.2) is 0 Å². The molecule has 0 spiro atoms. The molecule has 27 heavy (non-hydrogen) atoms. The Morgan fingerprint density at radius 2 is 2.04 bits per heavy atom. The van der Waals surface area contributed by atoms with Gasteiger partial charge in [0.2, 0.25) is 0 Å². The molecular formula is C20H19Cl2NO4. The van der Waals surface area contributed by atoms with E-state index in [4.69, 9.17) is 32.7 Å². The minimum atomic E-state index is -0.471. The Hall–Kier alpha value is -2.24. The summed E-state index contributed by atoms with van der Waals surface area (Å²) in [6.07, 6.45) is 0.465. The number of carbonyl (C=O) groups is 2. The van der Waals surface area contributed by atoms with Gasteiger partial charge in [-0.3, -0.25) is 9.59 Å². The summed E-state index contributed by atoms with van der Waals surface area (Å²) in [5.41, 5.74) is 1.65. The maximum Gasteiger partial charge on any atom is 0.313 e. The third-order valence-corrected chi connectivity index (χ3v) is 4.94. The fourth-order valence-corrected chi connectivity index (χ4v) is 3.45. The van der Waals surface area contributed by atoms with Crippen LogP contribution in [-0.2, 0) is 20.7 Å². The van der Waals surface area contributed by atoms with E-state index in [1.165, 1.54) is 0 Å². The van der Waals surface area contributed by atoms with E-state index in [1.54, 1.807) is 24.3 Å². The zero-order chi connectivity index (χ0) is 19.4. The van der Waals surface area contributed by atoms with Crippen LogP contribution in [0.1, 0.15) is 24.1 Å². The molecule has 1 aliphatic heterocycles. The number of rotatable bonds is 5. The quantitative estimate of drug-likeness (QED) is 0.761. The van der Waals surface area contributed by atoms with Crippen LogP contribution in [-0.4, -0.2) is 25.1 Å². The van der Waals surface area contributed by atoms with Crippen molar-refractivity contribution < 1.29 is 19.1 Å². The zero-order valence-electron chi connectivity index (χ0n) is 14.7. The monoisotopic (exact) mass is 407 g/mol. The van der Waals surface area contributed by atoms with Crippen molar-refractivity contribution in [1.82, 2.24) is 5.32 Å². The average molecular weight is 408 g/mol. The number of hydrogen-bond donors (Lipinski definition) is 1. The SMILES string of the molecule is C[C@@H](NC(=O)COC(=O)[C@@H]1COc2ccc(Cl)cc2C1)c1ccccc1Cl. The summed E-state index contributed by atoms with van der Waals surface area (Å²) in [6.45, 7) is 1.67. The predicted molar refractivity (Wildman–Crippen MR) is 103 cm³/mol. The summed E-state index contributed by atoms with van der Waals surface area (Å²) in [7, 11) is 0. The highest BCUT2D eigenvalue weighted by Crippen LogP contribution is 2.30. The van der Waals surface area contributed by atoms with Gasteiger partial charge in [-0.2, -0.15) is 0 Å². The Morgan fingerprint density at radius 3 is 2.81 bits per heavy atom. The lowest BCUT2D eigenvalue weighted by Crippen LogP contribution is -2.35. The highest BCUT2D eigenvalue weighted by Gasteiger charge is 2.28. The molecule has 7 heteroatoms. The van der Waals surface area contributed by atoms with E-state index in [0.717, 1.165) is 16.9 Å². The molecule has 0 unspecified atom stereocenters. The molecule has 0 aromatic heterocycles. The third-order valence-electron chi connectivity index (χ3n) is 4.36. The largest absolute Gasteiger partial charge is 0.492 e. The number of amides is 1. The van der Waals surface area contributed by atoms with Crippen LogP contribution in [0.15, 0.2) is 42.5 Å². The van der Waals surface area contributed by atoms with E-state index in [9.17, 15) is 9.59 Å². The van der Waals surface area contributed by atoms with Crippen molar-refractivity contribution in [1.29, 1.82) is 0 Å². The summed E-state index contributed by atoms with van der Waals surface area (Å²) < 4.78 is 10.7. The maximum absolute atomic E-state index is 12.3. The van der Waals surface area contributed by atoms with Crippen molar-refractivity contribution in [2.45, 2.75) is 19.4 Å². The first-order valence-electron chi connectivity index (χ1n) is 8.55. The van der Waals surface area contributed by atoms with Crippen LogP contribution in [0.25, 0.3) is 0 Å². The molecule has 2 aromatic rings. The summed E-state index contributed by atoms with van der Waals surface area (Å²) in [4.78, 5) is 24.4. The Bertz CT molecular complexity index is 856. The summed E-state index contributed by atoms with van der Waals surface area (Å²) in [5, 5.41) is 3.92. The minimum Gasteiger partial charge on any atom is -0.492 e. The van der Waals surface area contributed by atoms with Crippen molar-refractivity contribution in [2.75, 3.05) is 13.2 Å². The minimum absolute atomic E-state index is 0.213. The van der Waals surface area contributed by atoms with Crippen LogP contribution < -0.4 is 10.1 Å². The standard InChI is InChI=1S/C20H19Cl2NO4/c1-12(16-4-2-3-5-17(16)22)23-19(24)11-27-20(25)14-8-13-9-15(21)6-7-18(13)26-10-14/h2-7,9,12,14H,8,10-11H2,1H3,(H,23,24)/t12-,14+/m1/s1. The second-order valence-electron chi connectivity index (χ2n) is 6.38. The molecule has 2 aromatic carbocycles. The topological polar surface area (TPSA) is 64.6 Å². The number of fused-ring (bicyclic) bond motifs is 1. The fourth-order valence-electron chi connectivity index (χ4n) is 2.96. The molecule has 0 saturated carbocycles. The Morgan fingerprint density at radius 1 is 1.26 bits per heavy atom. The number of halogens is 2. The highest BCUT2D eigenvalue weighted by molar-refractivity contribution is 6.31. The lowest BCUT2D eigenvalue weighted by Gasteiger charge is -2.24. The first-order valence-corrected chi connectivity index (χ1v) is 9.31. The average Bonchev–Trinajstić information content (AvgIpc) is 2.65. The molecule has 1 amide bonds. The first-order chi connectivity index (χ1) is 12.9. The molecule has 0 aliphatic carbocycles. The van der Waals surface area contributed by atoms with E-state index in [0.29, 0.717) is 16.5 Å². The van der Waals surface area contributed by atoms with E-state index < -0.39 is 17.8 Å². The molecule has 142 valence electrons. The molecule has 0 bridgehead atoms. The number of benzene rings is 2. The van der Waals surface area contributed by atoms with Gasteiger partial charge in [0, 0.05) is 10.0 Å². The smallest absolute Gasteiger partial charge is 0.313 e. The molecule has 1 N–H and O–H groups in total. The van der Waals surface area contributed by atoms with Crippen molar-refractivity contribution in [3.8, 4) is 5.75 Å². The van der Waals surface area contributed by atoms with Crippen molar-refractivity contribution in [3.63, 3.8) is 0 Å². The van der Waals surface area contributed by atoms with Gasteiger partial charge < -0.3 is 14.8 Å². The van der Waals surface area contributed by atoms with Crippen LogP contribution in [0.3, 0.4) is 0 Å². The number of hydrogen-bond acceptors (Lipinski definition) is 4. The number of esters is 1. The van der Waals surface area contributed by atoms with E-state index in [-0.39, 0.29) is 19.3 Å². The second-order valence-corrected chi connectivity index (χ2v) is 7.23. The lowest BCUT2D eigenvalue weighted by atomic mass is 9.97. The van der Waals surface area contributed by atoms with Crippen LogP contribution in [0.2, 0.25) is 10.0 Å². The van der Waals surface area contributed by atoms with Crippen LogP contribution in [0.5, 0.6) is 5.75 Å². The summed E-state index contributed by atoms with van der Waals surface area (Å²) >= 11 is 12.1. The molecule has 5 nitrogen and oxygen atoms in total. The van der Waals surface area contributed by atoms with Gasteiger partial charge in [-0.1, -0.05) is 41.4 Å². The number of ether oxygens (including phenoxy) is 2. The molecule has 2 atom stereocenters. The molecule has 0 fully saturated rings. The van der Waals surface area contributed by atoms with Crippen molar-refractivity contribution in [2.24, 2.45) is 5.92 Å². The Labute approximate surface area is 167 Å². The van der Waals surface area contributed by atoms with Gasteiger partial charge in [-0.15, -0.1) is 0 Å². The number of carbonyl (C=O) groups excluding carboxylic acids is 2. The molecular weight excluding hydrogens is 389 g/mol. The van der Waals surface area contributed by atoms with Gasteiger partial charge in [-0.05, 0) is 48.7 Å². The van der Waals surface area contributed by atoms with Crippen LogP contribution in [0.4, 0.5) is 0 Å². The molecule has 3 rings (SSSR count). The molecule has 1 heterocycles. The van der Waals surface area contributed by atoms with Gasteiger partial charge in [0.05, 0.1) is 12.0 Å². The molecule has 1 aliphatic rings. The fraction of sp³-hybridized carbons (Fsp3) is 0.300. The predicted octanol–water partition coefficient (Wildman–Crippen LogP) is 3.97. The molecule has 0 saturated heterocycles. The molecule has 0 radical (unpaired) electrons. The number of nitrogens with one attached hydrogen (secondary N) is 1. The summed E-state index contributed by atoms with van der Waals surface area (Å²) in [5.74, 6) is -0.614. The Kier molecular flexibility index (Phi) is 6.24. The van der Waals surface area contributed by atoms with Crippen LogP contribution in [0, 0.1) is 5.92 Å². The second kappa shape index (κ2) is 8.63. The highest BCUT2D eigenvalue weighted by atomic mass is 35.5. The van der Waals surface area contributed by atoms with Gasteiger partial charge in [0.1, 0.15) is 12.4 Å². The van der Waals surface area contributed by atoms with Crippen molar-refractivity contribution in [3.05, 3.63) is 63.6 Å².